The number of pyridine rings is 1. The first-order chi connectivity index (χ1) is 7.09. The normalized spacial score (nSPS) is 9.87. The van der Waals surface area contributed by atoms with Gasteiger partial charge in [0.05, 0.1) is 10.6 Å². The minimum absolute atomic E-state index is 0.147. The monoisotopic (exact) mass is 226 g/mol. The van der Waals surface area contributed by atoms with Crippen molar-refractivity contribution in [1.82, 2.24) is 4.98 Å². The number of carbonyl (C=O) groups excluding carboxylic acids is 1. The lowest BCUT2D eigenvalue weighted by molar-refractivity contribution is -0.117. The van der Waals surface area contributed by atoms with Gasteiger partial charge in [-0.15, -0.1) is 11.8 Å². The average molecular weight is 226 g/mol. The molecular formula is C9H10N2O3S. The first-order valence-electron chi connectivity index (χ1n) is 4.20. The van der Waals surface area contributed by atoms with Crippen molar-refractivity contribution in [2.75, 3.05) is 5.75 Å². The van der Waals surface area contributed by atoms with Crippen LogP contribution in [0, 0.1) is 0 Å². The molecule has 1 aromatic heterocycles. The van der Waals surface area contributed by atoms with Crippen LogP contribution in [0.3, 0.4) is 0 Å². The maximum absolute atomic E-state index is 10.5. The van der Waals surface area contributed by atoms with Crippen LogP contribution in [0.2, 0.25) is 0 Å². The molecule has 3 N–H and O–H groups in total. The van der Waals surface area contributed by atoms with Crippen LogP contribution < -0.4 is 5.73 Å². The third kappa shape index (κ3) is 3.99. The smallest absolute Gasteiger partial charge is 0.337 e. The average Bonchev–Trinajstić information content (AvgIpc) is 2.18. The van der Waals surface area contributed by atoms with Gasteiger partial charge in [0.15, 0.2) is 0 Å². The second kappa shape index (κ2) is 5.35. The number of nitrogens with zero attached hydrogens (tertiary/aromatic N) is 1. The van der Waals surface area contributed by atoms with E-state index in [-0.39, 0.29) is 17.9 Å². The summed E-state index contributed by atoms with van der Waals surface area (Å²) in [5, 5.41) is 9.30. The van der Waals surface area contributed by atoms with Crippen molar-refractivity contribution in [1.29, 1.82) is 0 Å². The van der Waals surface area contributed by atoms with Gasteiger partial charge >= 0.3 is 5.97 Å². The van der Waals surface area contributed by atoms with Gasteiger partial charge in [0.1, 0.15) is 0 Å². The molecule has 0 spiro atoms. The number of thioether (sulfide) groups is 1. The van der Waals surface area contributed by atoms with Gasteiger partial charge in [-0.1, -0.05) is 0 Å². The molecule has 15 heavy (non-hydrogen) atoms. The van der Waals surface area contributed by atoms with Gasteiger partial charge in [0, 0.05) is 18.4 Å². The fraction of sp³-hybridized carbons (Fsp3) is 0.222. The topological polar surface area (TPSA) is 93.3 Å². The number of carboxylic acids is 1. The summed E-state index contributed by atoms with van der Waals surface area (Å²) in [4.78, 5) is 24.9. The molecule has 0 aliphatic heterocycles. The molecule has 1 rings (SSSR count). The minimum Gasteiger partial charge on any atom is -0.478 e. The summed E-state index contributed by atoms with van der Waals surface area (Å²) < 4.78 is 0. The van der Waals surface area contributed by atoms with Crippen LogP contribution in [0.25, 0.3) is 0 Å². The van der Waals surface area contributed by atoms with Crippen molar-refractivity contribution in [2.24, 2.45) is 5.73 Å². The number of primary amides is 1. The summed E-state index contributed by atoms with van der Waals surface area (Å²) in [6, 6.07) is 3.08. The Morgan fingerprint density at radius 1 is 1.47 bits per heavy atom. The Bertz CT molecular complexity index is 364. The Labute approximate surface area is 90.7 Å². The second-order valence-corrected chi connectivity index (χ2v) is 3.87. The molecule has 0 aliphatic carbocycles. The van der Waals surface area contributed by atoms with E-state index in [1.165, 1.54) is 24.0 Å². The largest absolute Gasteiger partial charge is 0.478 e. The van der Waals surface area contributed by atoms with Crippen LogP contribution in [0.1, 0.15) is 16.8 Å². The fourth-order valence-electron chi connectivity index (χ4n) is 0.848. The molecule has 5 nitrogen and oxygen atoms in total. The predicted molar refractivity (Wildman–Crippen MR) is 55.7 cm³/mol. The number of carbonyl (C=O) groups is 2. The zero-order chi connectivity index (χ0) is 11.3. The van der Waals surface area contributed by atoms with Crippen LogP contribution in [0.4, 0.5) is 0 Å². The maximum Gasteiger partial charge on any atom is 0.337 e. The zero-order valence-electron chi connectivity index (χ0n) is 7.84. The Balaban J connectivity index is 2.50. The number of carboxylic acid groups (broad SMARTS) is 1. The van der Waals surface area contributed by atoms with Crippen molar-refractivity contribution in [2.45, 2.75) is 11.4 Å². The van der Waals surface area contributed by atoms with Gasteiger partial charge in [0.25, 0.3) is 0 Å². The van der Waals surface area contributed by atoms with Crippen molar-refractivity contribution in [3.8, 4) is 0 Å². The van der Waals surface area contributed by atoms with E-state index in [0.29, 0.717) is 10.8 Å². The van der Waals surface area contributed by atoms with E-state index in [9.17, 15) is 9.59 Å². The highest BCUT2D eigenvalue weighted by Gasteiger charge is 2.03. The third-order valence-corrected chi connectivity index (χ3v) is 2.53. The van der Waals surface area contributed by atoms with Gasteiger partial charge < -0.3 is 10.8 Å². The van der Waals surface area contributed by atoms with Crippen molar-refractivity contribution in [3.63, 3.8) is 0 Å². The van der Waals surface area contributed by atoms with E-state index < -0.39 is 5.97 Å². The number of hydrogen-bond donors (Lipinski definition) is 2. The molecule has 80 valence electrons. The van der Waals surface area contributed by atoms with E-state index in [1.54, 1.807) is 6.07 Å². The number of rotatable bonds is 5. The third-order valence-electron chi connectivity index (χ3n) is 1.58. The molecule has 0 radical (unpaired) electrons. The molecule has 0 saturated heterocycles. The lowest BCUT2D eigenvalue weighted by atomic mass is 10.3. The van der Waals surface area contributed by atoms with E-state index in [2.05, 4.69) is 4.98 Å². The zero-order valence-corrected chi connectivity index (χ0v) is 8.66. The maximum atomic E-state index is 10.5. The molecule has 1 aromatic rings. The van der Waals surface area contributed by atoms with Gasteiger partial charge in [-0.2, -0.15) is 0 Å². The fourth-order valence-corrected chi connectivity index (χ4v) is 1.65. The summed E-state index contributed by atoms with van der Waals surface area (Å²) in [5.74, 6) is -0.810. The standard InChI is InChI=1S/C9H10N2O3S/c10-7(12)3-4-15-8-2-1-6(5-11-8)9(13)14/h1-2,5H,3-4H2,(H2,10,12)(H,13,14). The summed E-state index contributed by atoms with van der Waals surface area (Å²) in [6.07, 6.45) is 1.57. The van der Waals surface area contributed by atoms with Crippen molar-refractivity contribution >= 4 is 23.6 Å². The highest BCUT2D eigenvalue weighted by molar-refractivity contribution is 7.99. The first-order valence-corrected chi connectivity index (χ1v) is 5.18. The molecule has 0 saturated carbocycles. The Morgan fingerprint density at radius 3 is 2.67 bits per heavy atom. The predicted octanol–water partition coefficient (Wildman–Crippen LogP) is 0.747. The number of aromatic carboxylic acids is 1. The molecule has 0 fully saturated rings. The van der Waals surface area contributed by atoms with Gasteiger partial charge in [-0.3, -0.25) is 4.79 Å². The van der Waals surface area contributed by atoms with Crippen molar-refractivity contribution < 1.29 is 14.7 Å². The highest BCUT2D eigenvalue weighted by atomic mass is 32.2. The molecular weight excluding hydrogens is 216 g/mol. The molecule has 0 atom stereocenters. The summed E-state index contributed by atoms with van der Waals surface area (Å²) in [7, 11) is 0. The Kier molecular flexibility index (Phi) is 4.11. The molecule has 1 amide bonds. The SMILES string of the molecule is NC(=O)CCSc1ccc(C(=O)O)cn1. The molecule has 0 aromatic carbocycles. The molecule has 0 aliphatic rings. The van der Waals surface area contributed by atoms with E-state index in [1.807, 2.05) is 0 Å². The quantitative estimate of drug-likeness (QED) is 0.722. The van der Waals surface area contributed by atoms with Gasteiger partial charge in [-0.05, 0) is 12.1 Å². The van der Waals surface area contributed by atoms with Crippen LogP contribution in [-0.4, -0.2) is 27.7 Å². The Morgan fingerprint density at radius 2 is 2.20 bits per heavy atom. The van der Waals surface area contributed by atoms with E-state index >= 15 is 0 Å². The first kappa shape index (κ1) is 11.5. The molecule has 0 bridgehead atoms. The van der Waals surface area contributed by atoms with Gasteiger partial charge in [-0.25, -0.2) is 9.78 Å². The van der Waals surface area contributed by atoms with E-state index in [4.69, 9.17) is 10.8 Å². The van der Waals surface area contributed by atoms with Crippen LogP contribution in [0.5, 0.6) is 0 Å². The lowest BCUT2D eigenvalue weighted by Gasteiger charge is -1.99. The summed E-state index contributed by atoms with van der Waals surface area (Å²) in [5.41, 5.74) is 5.12. The lowest BCUT2D eigenvalue weighted by Crippen LogP contribution is -2.10. The molecule has 1 heterocycles. The minimum atomic E-state index is -1.00. The summed E-state index contributed by atoms with van der Waals surface area (Å²) >= 11 is 1.36. The number of hydrogen-bond acceptors (Lipinski definition) is 4. The number of aromatic nitrogens is 1. The van der Waals surface area contributed by atoms with Gasteiger partial charge in [0.2, 0.25) is 5.91 Å². The highest BCUT2D eigenvalue weighted by Crippen LogP contribution is 2.15. The second-order valence-electron chi connectivity index (χ2n) is 2.76. The molecule has 0 unspecified atom stereocenters. The molecule has 6 heteroatoms. The van der Waals surface area contributed by atoms with Crippen LogP contribution in [0.15, 0.2) is 23.4 Å². The Hall–Kier alpha value is -1.56. The van der Waals surface area contributed by atoms with Crippen molar-refractivity contribution in [3.05, 3.63) is 23.9 Å². The van der Waals surface area contributed by atoms with Crippen LogP contribution in [-0.2, 0) is 4.79 Å². The summed E-state index contributed by atoms with van der Waals surface area (Å²) in [6.45, 7) is 0. The number of nitrogens with two attached hydrogens (primary N) is 1. The van der Waals surface area contributed by atoms with Crippen LogP contribution >= 0.6 is 11.8 Å². The van der Waals surface area contributed by atoms with E-state index in [0.717, 1.165) is 0 Å². The number of amides is 1.